The summed E-state index contributed by atoms with van der Waals surface area (Å²) < 4.78 is 12.7. The average molecular weight is 208 g/mol. The van der Waals surface area contributed by atoms with Crippen molar-refractivity contribution < 1.29 is 4.39 Å². The van der Waals surface area contributed by atoms with Crippen LogP contribution in [0.4, 0.5) is 4.39 Å². The van der Waals surface area contributed by atoms with Crippen LogP contribution in [-0.4, -0.2) is 0 Å². The zero-order chi connectivity index (χ0) is 9.97. The van der Waals surface area contributed by atoms with Crippen LogP contribution in [0.15, 0.2) is 24.3 Å². The van der Waals surface area contributed by atoms with Crippen LogP contribution in [0.3, 0.4) is 0 Å². The molecule has 1 aromatic rings. The van der Waals surface area contributed by atoms with Crippen molar-refractivity contribution >= 4 is 0 Å². The molecule has 1 aliphatic carbocycles. The minimum atomic E-state index is -0.127. The highest BCUT2D eigenvalue weighted by Crippen LogP contribution is 2.35. The van der Waals surface area contributed by atoms with Crippen molar-refractivity contribution in [1.29, 1.82) is 0 Å². The molecule has 0 N–H and O–H groups in total. The first-order valence-electron chi connectivity index (χ1n) is 5.51. The molecule has 1 saturated carbocycles. The van der Waals surface area contributed by atoms with E-state index in [-0.39, 0.29) is 13.2 Å². The van der Waals surface area contributed by atoms with E-state index in [1.54, 1.807) is 12.1 Å². The standard InChI is InChI=1S/C13H17F.CH4/c1-10-2-4-11(5-3-10)12-6-8-13(14)9-7-12;/h6-11H,2-5H2,1H3;1H4. The van der Waals surface area contributed by atoms with Gasteiger partial charge in [0.2, 0.25) is 0 Å². The Morgan fingerprint density at radius 3 is 2.07 bits per heavy atom. The van der Waals surface area contributed by atoms with Gasteiger partial charge in [-0.15, -0.1) is 0 Å². The second kappa shape index (κ2) is 5.29. The fraction of sp³-hybridized carbons (Fsp3) is 0.571. The Kier molecular flexibility index (Phi) is 4.31. The minimum absolute atomic E-state index is 0. The molecule has 0 unspecified atom stereocenters. The van der Waals surface area contributed by atoms with Crippen LogP contribution >= 0.6 is 0 Å². The van der Waals surface area contributed by atoms with Crippen molar-refractivity contribution in [2.45, 2.75) is 46.0 Å². The van der Waals surface area contributed by atoms with E-state index in [4.69, 9.17) is 0 Å². The van der Waals surface area contributed by atoms with Crippen molar-refractivity contribution in [3.63, 3.8) is 0 Å². The maximum absolute atomic E-state index is 12.7. The molecule has 15 heavy (non-hydrogen) atoms. The summed E-state index contributed by atoms with van der Waals surface area (Å²) in [7, 11) is 0. The molecule has 1 aliphatic rings. The molecule has 0 aliphatic heterocycles. The second-order valence-corrected chi connectivity index (χ2v) is 4.51. The van der Waals surface area contributed by atoms with E-state index in [2.05, 4.69) is 6.92 Å². The number of hydrogen-bond donors (Lipinski definition) is 0. The normalized spacial score (nSPS) is 25.7. The second-order valence-electron chi connectivity index (χ2n) is 4.51. The Morgan fingerprint density at radius 2 is 1.53 bits per heavy atom. The predicted octanol–water partition coefficient (Wildman–Crippen LogP) is 4.76. The van der Waals surface area contributed by atoms with Crippen molar-refractivity contribution in [1.82, 2.24) is 0 Å². The summed E-state index contributed by atoms with van der Waals surface area (Å²) in [5, 5.41) is 0. The Morgan fingerprint density at radius 1 is 1.00 bits per heavy atom. The van der Waals surface area contributed by atoms with Crippen LogP contribution in [0.2, 0.25) is 0 Å². The Hall–Kier alpha value is -0.850. The maximum Gasteiger partial charge on any atom is 0.123 e. The zero-order valence-electron chi connectivity index (χ0n) is 8.67. The SMILES string of the molecule is C.CC1CCC(c2ccc(F)cc2)CC1. The molecular weight excluding hydrogens is 187 g/mol. The molecule has 0 bridgehead atoms. The molecule has 0 radical (unpaired) electrons. The molecule has 0 amide bonds. The third-order valence-corrected chi connectivity index (χ3v) is 3.36. The van der Waals surface area contributed by atoms with Gasteiger partial charge in [0.1, 0.15) is 5.82 Å². The highest BCUT2D eigenvalue weighted by molar-refractivity contribution is 5.20. The molecule has 0 aromatic heterocycles. The summed E-state index contributed by atoms with van der Waals surface area (Å²) in [5.74, 6) is 1.43. The fourth-order valence-electron chi connectivity index (χ4n) is 2.33. The predicted molar refractivity (Wildman–Crippen MR) is 63.5 cm³/mol. The highest BCUT2D eigenvalue weighted by atomic mass is 19.1. The van der Waals surface area contributed by atoms with E-state index in [0.29, 0.717) is 5.92 Å². The van der Waals surface area contributed by atoms with Gasteiger partial charge in [-0.3, -0.25) is 0 Å². The van der Waals surface area contributed by atoms with Gasteiger partial charge in [-0.2, -0.15) is 0 Å². The first kappa shape index (κ1) is 12.2. The summed E-state index contributed by atoms with van der Waals surface area (Å²) in [6.45, 7) is 2.32. The van der Waals surface area contributed by atoms with Crippen LogP contribution in [-0.2, 0) is 0 Å². The number of rotatable bonds is 1. The number of halogens is 1. The van der Waals surface area contributed by atoms with E-state index in [1.165, 1.54) is 31.2 Å². The first-order chi connectivity index (χ1) is 6.75. The highest BCUT2D eigenvalue weighted by Gasteiger charge is 2.19. The maximum atomic E-state index is 12.7. The summed E-state index contributed by atoms with van der Waals surface area (Å²) in [5.41, 5.74) is 1.32. The van der Waals surface area contributed by atoms with Gasteiger partial charge in [-0.05, 0) is 42.4 Å². The number of hydrogen-bond acceptors (Lipinski definition) is 0. The van der Waals surface area contributed by atoms with Crippen molar-refractivity contribution in [3.8, 4) is 0 Å². The minimum Gasteiger partial charge on any atom is -0.207 e. The van der Waals surface area contributed by atoms with E-state index < -0.39 is 0 Å². The van der Waals surface area contributed by atoms with Gasteiger partial charge < -0.3 is 0 Å². The summed E-state index contributed by atoms with van der Waals surface area (Å²) in [6.07, 6.45) is 5.18. The lowest BCUT2D eigenvalue weighted by Gasteiger charge is -2.26. The lowest BCUT2D eigenvalue weighted by molar-refractivity contribution is 0.348. The van der Waals surface area contributed by atoms with Gasteiger partial charge in [0.05, 0.1) is 0 Å². The average Bonchev–Trinajstić information content (AvgIpc) is 2.21. The molecule has 0 spiro atoms. The van der Waals surface area contributed by atoms with E-state index in [9.17, 15) is 4.39 Å². The van der Waals surface area contributed by atoms with Gasteiger partial charge in [-0.1, -0.05) is 39.3 Å². The van der Waals surface area contributed by atoms with Crippen LogP contribution in [0.5, 0.6) is 0 Å². The molecular formula is C14H21F. The van der Waals surface area contributed by atoms with Gasteiger partial charge >= 0.3 is 0 Å². The van der Waals surface area contributed by atoms with Gasteiger partial charge in [-0.25, -0.2) is 4.39 Å². The van der Waals surface area contributed by atoms with Crippen LogP contribution in [0.1, 0.15) is 51.5 Å². The molecule has 1 heteroatoms. The summed E-state index contributed by atoms with van der Waals surface area (Å²) in [4.78, 5) is 0. The van der Waals surface area contributed by atoms with Crippen molar-refractivity contribution in [2.75, 3.05) is 0 Å². The third kappa shape index (κ3) is 3.05. The lowest BCUT2D eigenvalue weighted by Crippen LogP contribution is -2.10. The zero-order valence-corrected chi connectivity index (χ0v) is 8.67. The van der Waals surface area contributed by atoms with Crippen LogP contribution in [0, 0.1) is 11.7 Å². The van der Waals surface area contributed by atoms with E-state index in [1.807, 2.05) is 12.1 Å². The first-order valence-corrected chi connectivity index (χ1v) is 5.51. The molecule has 0 atom stereocenters. The van der Waals surface area contributed by atoms with Crippen molar-refractivity contribution in [3.05, 3.63) is 35.6 Å². The quantitative estimate of drug-likeness (QED) is 0.624. The Balaban J connectivity index is 0.00000112. The smallest absolute Gasteiger partial charge is 0.123 e. The van der Waals surface area contributed by atoms with Gasteiger partial charge in [0.15, 0.2) is 0 Å². The Bertz CT molecular complexity index is 281. The molecule has 0 saturated heterocycles. The molecule has 1 aromatic carbocycles. The molecule has 0 heterocycles. The third-order valence-electron chi connectivity index (χ3n) is 3.36. The molecule has 0 nitrogen and oxygen atoms in total. The summed E-state index contributed by atoms with van der Waals surface area (Å²) >= 11 is 0. The van der Waals surface area contributed by atoms with E-state index >= 15 is 0 Å². The molecule has 2 rings (SSSR count). The van der Waals surface area contributed by atoms with Crippen molar-refractivity contribution in [2.24, 2.45) is 5.92 Å². The van der Waals surface area contributed by atoms with Crippen LogP contribution < -0.4 is 0 Å². The topological polar surface area (TPSA) is 0 Å². The summed E-state index contributed by atoms with van der Waals surface area (Å²) in [6, 6.07) is 7.03. The van der Waals surface area contributed by atoms with Crippen LogP contribution in [0.25, 0.3) is 0 Å². The fourth-order valence-corrected chi connectivity index (χ4v) is 2.33. The largest absolute Gasteiger partial charge is 0.207 e. The number of benzene rings is 1. The monoisotopic (exact) mass is 208 g/mol. The molecule has 84 valence electrons. The van der Waals surface area contributed by atoms with Gasteiger partial charge in [0.25, 0.3) is 0 Å². The lowest BCUT2D eigenvalue weighted by atomic mass is 9.79. The molecule has 1 fully saturated rings. The Labute approximate surface area is 92.5 Å². The van der Waals surface area contributed by atoms with Gasteiger partial charge in [0, 0.05) is 0 Å². The van der Waals surface area contributed by atoms with E-state index in [0.717, 1.165) is 5.92 Å².